The fraction of sp³-hybridized carbons (Fsp3) is 0.389. The van der Waals surface area contributed by atoms with Gasteiger partial charge in [0.25, 0.3) is 0 Å². The van der Waals surface area contributed by atoms with Crippen molar-refractivity contribution in [1.29, 1.82) is 0 Å². The summed E-state index contributed by atoms with van der Waals surface area (Å²) in [5, 5.41) is 3.40. The van der Waals surface area contributed by atoms with Crippen LogP contribution in [0.4, 0.5) is 5.69 Å². The van der Waals surface area contributed by atoms with Crippen LogP contribution in [-0.4, -0.2) is 25.6 Å². The molecule has 0 spiro atoms. The Hall–Kier alpha value is -1.87. The first-order valence-electron chi connectivity index (χ1n) is 7.62. The number of nitrogens with one attached hydrogen (secondary N) is 1. The second-order valence-electron chi connectivity index (χ2n) is 5.34. The number of rotatable bonds is 7. The SMILES string of the molecule is CCC(NC)c1ccccc1N(C)CCc1ccncc1. The molecule has 0 bridgehead atoms. The standard InChI is InChI=1S/C18H25N3/c1-4-17(19-2)16-7-5-6-8-18(16)21(3)14-11-15-9-12-20-13-10-15/h5-10,12-13,17,19H,4,11,14H2,1-3H3. The number of hydrogen-bond acceptors (Lipinski definition) is 3. The lowest BCUT2D eigenvalue weighted by Crippen LogP contribution is -2.24. The normalized spacial score (nSPS) is 12.1. The molecule has 3 heteroatoms. The van der Waals surface area contributed by atoms with Crippen LogP contribution in [0, 0.1) is 0 Å². The van der Waals surface area contributed by atoms with Crippen LogP contribution in [-0.2, 0) is 6.42 Å². The molecule has 2 aromatic rings. The minimum atomic E-state index is 0.407. The maximum atomic E-state index is 4.07. The van der Waals surface area contributed by atoms with Crippen LogP contribution in [0.15, 0.2) is 48.8 Å². The summed E-state index contributed by atoms with van der Waals surface area (Å²) in [5.74, 6) is 0. The maximum Gasteiger partial charge on any atom is 0.0412 e. The van der Waals surface area contributed by atoms with Crippen LogP contribution in [0.3, 0.4) is 0 Å². The summed E-state index contributed by atoms with van der Waals surface area (Å²) in [5.41, 5.74) is 4.02. The van der Waals surface area contributed by atoms with Crippen molar-refractivity contribution in [3.05, 3.63) is 59.9 Å². The summed E-state index contributed by atoms with van der Waals surface area (Å²) in [4.78, 5) is 6.41. The third-order valence-electron chi connectivity index (χ3n) is 3.97. The highest BCUT2D eigenvalue weighted by molar-refractivity contribution is 5.54. The lowest BCUT2D eigenvalue weighted by atomic mass is 10.0. The van der Waals surface area contributed by atoms with E-state index in [2.05, 4.69) is 65.6 Å². The van der Waals surface area contributed by atoms with Gasteiger partial charge in [0.05, 0.1) is 0 Å². The van der Waals surface area contributed by atoms with Crippen LogP contribution in [0.1, 0.15) is 30.5 Å². The summed E-state index contributed by atoms with van der Waals surface area (Å²) >= 11 is 0. The fourth-order valence-corrected chi connectivity index (χ4v) is 2.68. The smallest absolute Gasteiger partial charge is 0.0412 e. The molecule has 112 valence electrons. The number of hydrogen-bond donors (Lipinski definition) is 1. The van der Waals surface area contributed by atoms with Crippen molar-refractivity contribution in [2.45, 2.75) is 25.8 Å². The first kappa shape index (κ1) is 15.5. The number of pyridine rings is 1. The van der Waals surface area contributed by atoms with E-state index < -0.39 is 0 Å². The number of anilines is 1. The van der Waals surface area contributed by atoms with Crippen molar-refractivity contribution in [2.24, 2.45) is 0 Å². The molecular weight excluding hydrogens is 258 g/mol. The van der Waals surface area contributed by atoms with Gasteiger partial charge in [-0.05, 0) is 49.2 Å². The van der Waals surface area contributed by atoms with Gasteiger partial charge in [-0.25, -0.2) is 0 Å². The average molecular weight is 283 g/mol. The van der Waals surface area contributed by atoms with Gasteiger partial charge in [-0.15, -0.1) is 0 Å². The lowest BCUT2D eigenvalue weighted by molar-refractivity contribution is 0.576. The molecule has 1 unspecified atom stereocenters. The predicted octanol–water partition coefficient (Wildman–Crippen LogP) is 3.43. The summed E-state index contributed by atoms with van der Waals surface area (Å²) in [7, 11) is 4.20. The topological polar surface area (TPSA) is 28.2 Å². The number of nitrogens with zero attached hydrogens (tertiary/aromatic N) is 2. The molecule has 2 rings (SSSR count). The Bertz CT molecular complexity index is 535. The van der Waals surface area contributed by atoms with Crippen LogP contribution in [0.25, 0.3) is 0 Å². The minimum Gasteiger partial charge on any atom is -0.374 e. The van der Waals surface area contributed by atoms with E-state index in [4.69, 9.17) is 0 Å². The molecule has 1 aromatic carbocycles. The number of benzene rings is 1. The fourth-order valence-electron chi connectivity index (χ4n) is 2.68. The molecule has 0 amide bonds. The zero-order valence-electron chi connectivity index (χ0n) is 13.2. The third-order valence-corrected chi connectivity index (χ3v) is 3.97. The lowest BCUT2D eigenvalue weighted by Gasteiger charge is -2.26. The Morgan fingerprint density at radius 1 is 1.14 bits per heavy atom. The highest BCUT2D eigenvalue weighted by atomic mass is 15.1. The van der Waals surface area contributed by atoms with Gasteiger partial charge in [0.2, 0.25) is 0 Å². The van der Waals surface area contributed by atoms with Crippen molar-refractivity contribution in [2.75, 3.05) is 25.5 Å². The van der Waals surface area contributed by atoms with Crippen LogP contribution < -0.4 is 10.2 Å². The first-order valence-corrected chi connectivity index (χ1v) is 7.62. The highest BCUT2D eigenvalue weighted by Crippen LogP contribution is 2.27. The third kappa shape index (κ3) is 4.05. The molecule has 1 heterocycles. The van der Waals surface area contributed by atoms with Gasteiger partial charge < -0.3 is 10.2 Å². The largest absolute Gasteiger partial charge is 0.374 e. The maximum absolute atomic E-state index is 4.07. The second-order valence-corrected chi connectivity index (χ2v) is 5.34. The minimum absolute atomic E-state index is 0.407. The Morgan fingerprint density at radius 2 is 1.86 bits per heavy atom. The van der Waals surface area contributed by atoms with Crippen molar-refractivity contribution in [1.82, 2.24) is 10.3 Å². The molecule has 1 aromatic heterocycles. The van der Waals surface area contributed by atoms with Gasteiger partial charge in [-0.3, -0.25) is 4.98 Å². The van der Waals surface area contributed by atoms with E-state index in [1.165, 1.54) is 16.8 Å². The van der Waals surface area contributed by atoms with Crippen molar-refractivity contribution >= 4 is 5.69 Å². The first-order chi connectivity index (χ1) is 10.3. The quantitative estimate of drug-likeness (QED) is 0.844. The van der Waals surface area contributed by atoms with E-state index >= 15 is 0 Å². The van der Waals surface area contributed by atoms with Gasteiger partial charge in [0.15, 0.2) is 0 Å². The molecule has 1 atom stereocenters. The Kier molecular flexibility index (Phi) is 5.76. The highest BCUT2D eigenvalue weighted by Gasteiger charge is 2.13. The molecule has 3 nitrogen and oxygen atoms in total. The molecule has 0 aliphatic heterocycles. The molecule has 0 saturated carbocycles. The number of likely N-dealkylation sites (N-methyl/N-ethyl adjacent to an activating group) is 1. The van der Waals surface area contributed by atoms with E-state index in [1.54, 1.807) is 0 Å². The summed E-state index contributed by atoms with van der Waals surface area (Å²) in [6.07, 6.45) is 5.84. The van der Waals surface area contributed by atoms with E-state index in [1.807, 2.05) is 19.4 Å². The molecule has 0 saturated heterocycles. The van der Waals surface area contributed by atoms with Crippen LogP contribution >= 0.6 is 0 Å². The van der Waals surface area contributed by atoms with Crippen LogP contribution in [0.2, 0.25) is 0 Å². The van der Waals surface area contributed by atoms with E-state index in [0.717, 1.165) is 19.4 Å². The zero-order valence-corrected chi connectivity index (χ0v) is 13.2. The van der Waals surface area contributed by atoms with E-state index in [0.29, 0.717) is 6.04 Å². The number of aromatic nitrogens is 1. The molecule has 21 heavy (non-hydrogen) atoms. The van der Waals surface area contributed by atoms with Gasteiger partial charge >= 0.3 is 0 Å². The van der Waals surface area contributed by atoms with Gasteiger partial charge in [0, 0.05) is 37.7 Å². The Labute approximate surface area is 128 Å². The Morgan fingerprint density at radius 3 is 2.52 bits per heavy atom. The average Bonchev–Trinajstić information content (AvgIpc) is 2.55. The molecule has 0 aliphatic carbocycles. The summed E-state index contributed by atoms with van der Waals surface area (Å²) < 4.78 is 0. The monoisotopic (exact) mass is 283 g/mol. The molecule has 1 N–H and O–H groups in total. The molecule has 0 fully saturated rings. The number of para-hydroxylation sites is 1. The van der Waals surface area contributed by atoms with Gasteiger partial charge in [-0.1, -0.05) is 25.1 Å². The van der Waals surface area contributed by atoms with Crippen molar-refractivity contribution in [3.8, 4) is 0 Å². The van der Waals surface area contributed by atoms with Crippen molar-refractivity contribution < 1.29 is 0 Å². The second kappa shape index (κ2) is 7.79. The predicted molar refractivity (Wildman–Crippen MR) is 89.7 cm³/mol. The van der Waals surface area contributed by atoms with Crippen molar-refractivity contribution in [3.63, 3.8) is 0 Å². The van der Waals surface area contributed by atoms with E-state index in [-0.39, 0.29) is 0 Å². The van der Waals surface area contributed by atoms with Crippen LogP contribution in [0.5, 0.6) is 0 Å². The molecule has 0 aliphatic rings. The Balaban J connectivity index is 2.10. The summed E-state index contributed by atoms with van der Waals surface area (Å²) in [6, 6.07) is 13.2. The molecule has 0 radical (unpaired) electrons. The van der Waals surface area contributed by atoms with Gasteiger partial charge in [-0.2, -0.15) is 0 Å². The zero-order chi connectivity index (χ0) is 15.1. The summed E-state index contributed by atoms with van der Waals surface area (Å²) in [6.45, 7) is 3.22. The van der Waals surface area contributed by atoms with E-state index in [9.17, 15) is 0 Å². The molecular formula is C18H25N3. The van der Waals surface area contributed by atoms with Gasteiger partial charge in [0.1, 0.15) is 0 Å².